The van der Waals surface area contributed by atoms with Crippen LogP contribution in [0.2, 0.25) is 0 Å². The largest absolute Gasteiger partial charge is 0.507 e. The lowest BCUT2D eigenvalue weighted by Crippen LogP contribution is -2.29. The van der Waals surface area contributed by atoms with Crippen LogP contribution < -0.4 is 9.47 Å². The molecule has 0 aliphatic carbocycles. The van der Waals surface area contributed by atoms with Gasteiger partial charge in [-0.05, 0) is 60.4 Å². The molecule has 2 atom stereocenters. The van der Waals surface area contributed by atoms with Crippen molar-refractivity contribution in [1.29, 1.82) is 0 Å². The van der Waals surface area contributed by atoms with Crippen molar-refractivity contribution >= 4 is 17.4 Å². The molecule has 0 bridgehead atoms. The predicted octanol–water partition coefficient (Wildman–Crippen LogP) is 6.20. The van der Waals surface area contributed by atoms with E-state index in [1.54, 1.807) is 6.07 Å². The second kappa shape index (κ2) is 11.1. The number of benzene rings is 3. The molecule has 0 spiro atoms. The van der Waals surface area contributed by atoms with E-state index in [4.69, 9.17) is 9.47 Å². The fraction of sp³-hybridized carbons (Fsp3) is 0.312. The van der Waals surface area contributed by atoms with Crippen molar-refractivity contribution in [2.24, 2.45) is 0 Å². The van der Waals surface area contributed by atoms with Crippen molar-refractivity contribution in [3.05, 3.63) is 101 Å². The quantitative estimate of drug-likeness (QED) is 0.160. The Bertz CT molecular complexity index is 1360. The molecule has 2 heterocycles. The predicted molar refractivity (Wildman–Crippen MR) is 146 cm³/mol. The number of nitrogens with zero attached hydrogens (tertiary/aromatic N) is 1. The summed E-state index contributed by atoms with van der Waals surface area (Å²) in [5.41, 5.74) is 3.17. The van der Waals surface area contributed by atoms with E-state index < -0.39 is 17.7 Å². The number of carbonyl (C=O) groups is 2. The zero-order valence-electron chi connectivity index (χ0n) is 21.9. The maximum atomic E-state index is 13.5. The van der Waals surface area contributed by atoms with Gasteiger partial charge in [-0.1, -0.05) is 62.2 Å². The number of carbonyl (C=O) groups excluding carboxylic acids is 2. The molecule has 1 N–H and O–H groups in total. The Morgan fingerprint density at radius 1 is 1.03 bits per heavy atom. The van der Waals surface area contributed by atoms with E-state index >= 15 is 0 Å². The average Bonchev–Trinajstić information content (AvgIpc) is 3.42. The van der Waals surface area contributed by atoms with Crippen LogP contribution in [0.4, 0.5) is 0 Å². The minimum atomic E-state index is -0.752. The SMILES string of the molecule is CCCCCOc1cccc([C@H]2/C(=C(\O)c3ccc4c(c3)C[C@@H](C)O4)C(=O)C(=O)N2Cc2ccccc2)c1. The van der Waals surface area contributed by atoms with Gasteiger partial charge in [-0.15, -0.1) is 0 Å². The lowest BCUT2D eigenvalue weighted by Gasteiger charge is -2.26. The van der Waals surface area contributed by atoms with Gasteiger partial charge >= 0.3 is 0 Å². The lowest BCUT2D eigenvalue weighted by atomic mass is 9.94. The number of ketones is 1. The summed E-state index contributed by atoms with van der Waals surface area (Å²) in [4.78, 5) is 28.4. The van der Waals surface area contributed by atoms with Crippen LogP contribution in [-0.2, 0) is 22.6 Å². The molecular formula is C32H33NO5. The third kappa shape index (κ3) is 5.17. The molecule has 2 aliphatic heterocycles. The smallest absolute Gasteiger partial charge is 0.295 e. The molecule has 0 radical (unpaired) electrons. The van der Waals surface area contributed by atoms with Gasteiger partial charge in [0.15, 0.2) is 0 Å². The molecule has 1 amide bonds. The molecule has 6 heteroatoms. The summed E-state index contributed by atoms with van der Waals surface area (Å²) in [7, 11) is 0. The Kier molecular flexibility index (Phi) is 7.50. The van der Waals surface area contributed by atoms with Gasteiger partial charge in [0.05, 0.1) is 18.2 Å². The van der Waals surface area contributed by atoms with E-state index in [1.165, 1.54) is 4.90 Å². The number of hydrogen-bond acceptors (Lipinski definition) is 5. The lowest BCUT2D eigenvalue weighted by molar-refractivity contribution is -0.140. The zero-order chi connectivity index (χ0) is 26.6. The highest BCUT2D eigenvalue weighted by atomic mass is 16.5. The van der Waals surface area contributed by atoms with E-state index in [9.17, 15) is 14.7 Å². The van der Waals surface area contributed by atoms with Gasteiger partial charge in [-0.3, -0.25) is 9.59 Å². The molecule has 6 nitrogen and oxygen atoms in total. The molecule has 0 saturated carbocycles. The van der Waals surface area contributed by atoms with Gasteiger partial charge in [0, 0.05) is 18.5 Å². The Balaban J connectivity index is 1.56. The number of rotatable bonds is 9. The van der Waals surface area contributed by atoms with Crippen molar-refractivity contribution in [2.75, 3.05) is 6.61 Å². The number of Topliss-reactive ketones (excluding diaryl/α,β-unsaturated/α-hetero) is 1. The monoisotopic (exact) mass is 511 g/mol. The number of hydrogen-bond donors (Lipinski definition) is 1. The normalized spacial score (nSPS) is 19.9. The molecule has 196 valence electrons. The Hall–Kier alpha value is -4.06. The van der Waals surface area contributed by atoms with E-state index in [0.717, 1.165) is 42.6 Å². The molecule has 38 heavy (non-hydrogen) atoms. The molecule has 3 aromatic carbocycles. The van der Waals surface area contributed by atoms with Crippen molar-refractivity contribution in [3.8, 4) is 11.5 Å². The molecule has 1 saturated heterocycles. The van der Waals surface area contributed by atoms with Crippen LogP contribution in [0.25, 0.3) is 5.76 Å². The third-order valence-corrected chi connectivity index (χ3v) is 7.10. The standard InChI is InChI=1S/C32H33NO5/c1-3-4-8-16-37-26-13-9-12-23(19-26)29-28(30(34)24-14-15-27-25(18-24)17-21(2)38-27)31(35)32(36)33(29)20-22-10-6-5-7-11-22/h5-7,9-15,18-19,21,29,34H,3-4,8,16-17,20H2,1-2H3/b30-28+/t21-,29+/m1/s1. The highest BCUT2D eigenvalue weighted by molar-refractivity contribution is 6.46. The summed E-state index contributed by atoms with van der Waals surface area (Å²) in [6.07, 6.45) is 3.92. The first-order chi connectivity index (χ1) is 18.5. The number of aliphatic hydroxyl groups excluding tert-OH is 1. The van der Waals surface area contributed by atoms with Crippen molar-refractivity contribution in [3.63, 3.8) is 0 Å². The van der Waals surface area contributed by atoms with Gasteiger partial charge < -0.3 is 19.5 Å². The first kappa shape index (κ1) is 25.6. The number of likely N-dealkylation sites (tertiary alicyclic amines) is 1. The molecule has 3 aromatic rings. The Morgan fingerprint density at radius 2 is 1.84 bits per heavy atom. The average molecular weight is 512 g/mol. The topological polar surface area (TPSA) is 76.1 Å². The van der Waals surface area contributed by atoms with Crippen molar-refractivity contribution in [1.82, 2.24) is 4.90 Å². The van der Waals surface area contributed by atoms with Gasteiger partial charge in [0.2, 0.25) is 0 Å². The highest BCUT2D eigenvalue weighted by Gasteiger charge is 2.46. The van der Waals surface area contributed by atoms with Gasteiger partial charge in [-0.2, -0.15) is 0 Å². The fourth-order valence-corrected chi connectivity index (χ4v) is 5.21. The highest BCUT2D eigenvalue weighted by Crippen LogP contribution is 2.42. The van der Waals surface area contributed by atoms with E-state index in [2.05, 4.69) is 6.92 Å². The first-order valence-electron chi connectivity index (χ1n) is 13.3. The van der Waals surface area contributed by atoms with Crippen molar-refractivity contribution < 1.29 is 24.2 Å². The first-order valence-corrected chi connectivity index (χ1v) is 13.3. The summed E-state index contributed by atoms with van der Waals surface area (Å²) in [6.45, 7) is 4.97. The summed E-state index contributed by atoms with van der Waals surface area (Å²) < 4.78 is 11.8. The van der Waals surface area contributed by atoms with E-state index in [1.807, 2.05) is 73.7 Å². The van der Waals surface area contributed by atoms with Gasteiger partial charge in [0.1, 0.15) is 23.4 Å². The van der Waals surface area contributed by atoms with E-state index in [-0.39, 0.29) is 24.0 Å². The number of fused-ring (bicyclic) bond motifs is 1. The molecule has 2 aliphatic rings. The molecule has 1 fully saturated rings. The van der Waals surface area contributed by atoms with Crippen LogP contribution in [0, 0.1) is 0 Å². The van der Waals surface area contributed by atoms with Crippen LogP contribution in [-0.4, -0.2) is 34.4 Å². The van der Waals surface area contributed by atoms with Gasteiger partial charge in [-0.25, -0.2) is 0 Å². The summed E-state index contributed by atoms with van der Waals surface area (Å²) in [6, 6.07) is 21.7. The van der Waals surface area contributed by atoms with Gasteiger partial charge in [0.25, 0.3) is 11.7 Å². The maximum Gasteiger partial charge on any atom is 0.295 e. The van der Waals surface area contributed by atoms with E-state index in [0.29, 0.717) is 23.5 Å². The molecular weight excluding hydrogens is 478 g/mol. The Labute approximate surface area is 223 Å². The number of aliphatic hydroxyl groups is 1. The minimum absolute atomic E-state index is 0.0546. The third-order valence-electron chi connectivity index (χ3n) is 7.10. The number of amides is 1. The molecule has 0 unspecified atom stereocenters. The van der Waals surface area contributed by atoms with Crippen molar-refractivity contribution in [2.45, 2.75) is 58.2 Å². The second-order valence-electron chi connectivity index (χ2n) is 10.00. The molecule has 0 aromatic heterocycles. The summed E-state index contributed by atoms with van der Waals surface area (Å²) in [5, 5.41) is 11.5. The molecule has 5 rings (SSSR count). The zero-order valence-corrected chi connectivity index (χ0v) is 21.9. The van der Waals surface area contributed by atoms with Crippen LogP contribution in [0.1, 0.15) is 61.4 Å². The second-order valence-corrected chi connectivity index (χ2v) is 10.00. The van der Waals surface area contributed by atoms with Crippen LogP contribution >= 0.6 is 0 Å². The number of unbranched alkanes of at least 4 members (excludes halogenated alkanes) is 2. The fourth-order valence-electron chi connectivity index (χ4n) is 5.21. The summed E-state index contributed by atoms with van der Waals surface area (Å²) >= 11 is 0. The minimum Gasteiger partial charge on any atom is -0.507 e. The maximum absolute atomic E-state index is 13.5. The van der Waals surface area contributed by atoms with Crippen LogP contribution in [0.15, 0.2) is 78.4 Å². The number of ether oxygens (including phenoxy) is 2. The summed E-state index contributed by atoms with van der Waals surface area (Å²) in [5.74, 6) is -0.0493. The van der Waals surface area contributed by atoms with Crippen LogP contribution in [0.3, 0.4) is 0 Å². The Morgan fingerprint density at radius 3 is 2.63 bits per heavy atom. The van der Waals surface area contributed by atoms with Crippen LogP contribution in [0.5, 0.6) is 11.5 Å².